The number of nitrogens with zero attached hydrogens (tertiary/aromatic N) is 6. The van der Waals surface area contributed by atoms with E-state index in [1.165, 1.54) is 49.3 Å². The second-order valence-corrected chi connectivity index (χ2v) is 22.0. The highest BCUT2D eigenvalue weighted by atomic mass is 32.2. The number of pyridine rings is 1. The molecule has 3 aliphatic heterocycles. The summed E-state index contributed by atoms with van der Waals surface area (Å²) in [4.78, 5) is 47.2. The summed E-state index contributed by atoms with van der Waals surface area (Å²) in [5, 5.41) is 16.2. The Hall–Kier alpha value is -6.11. The minimum Gasteiger partial charge on any atom is -0.455 e. The van der Waals surface area contributed by atoms with Crippen LogP contribution in [0.25, 0.3) is 22.1 Å². The zero-order valence-electron chi connectivity index (χ0n) is 39.6. The number of rotatable bonds is 14. The van der Waals surface area contributed by atoms with Crippen LogP contribution >= 0.6 is 0 Å². The van der Waals surface area contributed by atoms with E-state index in [1.54, 1.807) is 30.5 Å². The first-order valence-corrected chi connectivity index (χ1v) is 25.8. The predicted molar refractivity (Wildman–Crippen MR) is 264 cm³/mol. The van der Waals surface area contributed by atoms with Gasteiger partial charge < -0.3 is 29.8 Å². The largest absolute Gasteiger partial charge is 0.455 e. The van der Waals surface area contributed by atoms with Crippen LogP contribution in [0.2, 0.25) is 0 Å². The molecule has 16 nitrogen and oxygen atoms in total. The highest BCUT2D eigenvalue weighted by molar-refractivity contribution is 7.90. The van der Waals surface area contributed by atoms with Gasteiger partial charge in [-0.25, -0.2) is 27.5 Å². The number of imidazole rings is 1. The molecule has 1 spiro atoms. The molecule has 10 rings (SSSR count). The van der Waals surface area contributed by atoms with Crippen molar-refractivity contribution < 1.29 is 27.3 Å². The van der Waals surface area contributed by atoms with Crippen molar-refractivity contribution in [2.75, 3.05) is 49.5 Å². The fourth-order valence-corrected chi connectivity index (χ4v) is 12.6. The number of alkyl halides is 1. The van der Waals surface area contributed by atoms with Gasteiger partial charge in [-0.2, -0.15) is 0 Å². The number of carbonyl (C=O) groups is 1. The van der Waals surface area contributed by atoms with Gasteiger partial charge in [-0.05, 0) is 118 Å². The highest BCUT2D eigenvalue weighted by Crippen LogP contribution is 2.54. The zero-order valence-corrected chi connectivity index (χ0v) is 40.4. The quantitative estimate of drug-likeness (QED) is 0.0597. The summed E-state index contributed by atoms with van der Waals surface area (Å²) in [5.41, 5.74) is 2.12. The molecule has 364 valence electrons. The summed E-state index contributed by atoms with van der Waals surface area (Å²) in [6.45, 7) is 12.3. The molecule has 1 atom stereocenters. The number of ether oxygens (including phenoxy) is 1. The number of H-pyrrole nitrogens is 2. The number of hydrogen-bond donors (Lipinski definition) is 4. The number of aromatic amines is 2. The van der Waals surface area contributed by atoms with E-state index in [4.69, 9.17) is 4.74 Å². The zero-order chi connectivity index (χ0) is 48.2. The molecule has 1 aliphatic carbocycles. The average Bonchev–Trinajstić information content (AvgIpc) is 4.12. The Bertz CT molecular complexity index is 3000. The van der Waals surface area contributed by atoms with Crippen molar-refractivity contribution in [3.63, 3.8) is 0 Å². The number of sulfonamides is 1. The van der Waals surface area contributed by atoms with Crippen LogP contribution < -0.4 is 19.7 Å². The Kier molecular flexibility index (Phi) is 12.4. The van der Waals surface area contributed by atoms with Gasteiger partial charge in [0.05, 0.1) is 28.5 Å². The number of halogens is 1. The number of carbonyl (C=O) groups excluding carboxylic acids is 1. The molecule has 1 amide bonds. The Morgan fingerprint density at radius 1 is 0.971 bits per heavy atom. The second-order valence-electron chi connectivity index (χ2n) is 20.3. The van der Waals surface area contributed by atoms with E-state index in [0.717, 1.165) is 49.6 Å². The van der Waals surface area contributed by atoms with Crippen LogP contribution in [0.15, 0.2) is 84.3 Å². The lowest BCUT2D eigenvalue weighted by molar-refractivity contribution is -0.384. The number of amides is 1. The third kappa shape index (κ3) is 9.13. The van der Waals surface area contributed by atoms with Crippen molar-refractivity contribution in [2.24, 2.45) is 5.41 Å². The third-order valence-electron chi connectivity index (χ3n) is 15.4. The van der Waals surface area contributed by atoms with Gasteiger partial charge in [0.15, 0.2) is 0 Å². The summed E-state index contributed by atoms with van der Waals surface area (Å²) in [5.74, 6) is -0.0849. The summed E-state index contributed by atoms with van der Waals surface area (Å²) >= 11 is 0. The van der Waals surface area contributed by atoms with E-state index in [2.05, 4.69) is 96.6 Å². The fraction of sp³-hybridized carbons (Fsp3) is 0.471. The van der Waals surface area contributed by atoms with Crippen molar-refractivity contribution in [2.45, 2.75) is 114 Å². The maximum Gasteiger partial charge on any atom is 0.296 e. The molecule has 0 unspecified atom stereocenters. The standard InChI is InChI=1S/C51H61FN10O6S/c1-32(2)38-8-5-6-9-39(38)41-10-7-19-61(41)36-27-50(28-36)14-20-60(21-15-50)35-11-12-40(43(25-35)68-37-24-34-13-18-53-48(34)54-29-37)49(63)58-69(66,67)44-26-42(62(64)65)45(47-46(44)56-31-57-47)55-30-51(52)16-22-59(23-17-51)33(3)4/h5-6,8-9,11-13,18,24-26,29,31-33,36,41,55H,7,10,14-17,19-23,27-28,30H2,1-4H3,(H,53,54)(H,56,57)(H,58,63)/t41-/m0/s1. The van der Waals surface area contributed by atoms with Crippen LogP contribution in [0, 0.1) is 15.5 Å². The number of aromatic nitrogens is 4. The van der Waals surface area contributed by atoms with Crippen molar-refractivity contribution in [3.05, 3.63) is 106 Å². The minimum absolute atomic E-state index is 0.00495. The predicted octanol–water partition coefficient (Wildman–Crippen LogP) is 9.59. The molecule has 3 aromatic carbocycles. The van der Waals surface area contributed by atoms with Gasteiger partial charge >= 0.3 is 0 Å². The highest BCUT2D eigenvalue weighted by Gasteiger charge is 2.50. The summed E-state index contributed by atoms with van der Waals surface area (Å²) in [6, 6.07) is 19.8. The number of nitro benzene ring substituents is 1. The summed E-state index contributed by atoms with van der Waals surface area (Å²) < 4.78 is 53.0. The summed E-state index contributed by atoms with van der Waals surface area (Å²) in [7, 11) is -4.81. The second kappa shape index (κ2) is 18.3. The van der Waals surface area contributed by atoms with E-state index < -0.39 is 37.1 Å². The van der Waals surface area contributed by atoms with Crippen LogP contribution in [0.5, 0.6) is 11.5 Å². The third-order valence-corrected chi connectivity index (χ3v) is 16.8. The Morgan fingerprint density at radius 3 is 2.48 bits per heavy atom. The Morgan fingerprint density at radius 2 is 1.74 bits per heavy atom. The van der Waals surface area contributed by atoms with Crippen LogP contribution in [0.1, 0.15) is 113 Å². The molecule has 4 N–H and O–H groups in total. The molecule has 0 bridgehead atoms. The molecule has 69 heavy (non-hydrogen) atoms. The van der Waals surface area contributed by atoms with Gasteiger partial charge in [0, 0.05) is 80.3 Å². The molecule has 3 aromatic heterocycles. The van der Waals surface area contributed by atoms with E-state index in [9.17, 15) is 23.3 Å². The Balaban J connectivity index is 0.870. The number of fused-ring (bicyclic) bond motifs is 2. The number of anilines is 2. The number of benzene rings is 3. The SMILES string of the molecule is CC(C)c1ccccc1[C@@H]1CCCN1C1CC2(CCN(c3ccc(C(=O)NS(=O)(=O)c4cc([N+](=O)[O-])c(NCC5(F)CCN(C(C)C)CC5)c5[nH]cnc45)c(Oc4cnc5[nH]ccc5c4)c3)CC2)C1. The molecule has 6 heterocycles. The maximum absolute atomic E-state index is 16.0. The van der Waals surface area contributed by atoms with Gasteiger partial charge in [-0.1, -0.05) is 38.1 Å². The first kappa shape index (κ1) is 46.6. The van der Waals surface area contributed by atoms with Crippen LogP contribution in [-0.4, -0.2) is 106 Å². The van der Waals surface area contributed by atoms with Gasteiger partial charge in [-0.3, -0.25) is 19.8 Å². The molecule has 4 aliphatic rings. The van der Waals surface area contributed by atoms with E-state index in [-0.39, 0.29) is 58.9 Å². The number of likely N-dealkylation sites (tertiary alicyclic amines) is 2. The van der Waals surface area contributed by atoms with Crippen molar-refractivity contribution in [1.29, 1.82) is 0 Å². The van der Waals surface area contributed by atoms with Crippen LogP contribution in [-0.2, 0) is 10.0 Å². The molecule has 4 fully saturated rings. The first-order chi connectivity index (χ1) is 33.1. The average molecular weight is 961 g/mol. The maximum atomic E-state index is 16.0. The Labute approximate surface area is 401 Å². The normalized spacial score (nSPS) is 20.0. The van der Waals surface area contributed by atoms with Crippen molar-refractivity contribution in [1.82, 2.24) is 34.5 Å². The van der Waals surface area contributed by atoms with Gasteiger partial charge in [0.1, 0.15) is 38.9 Å². The molecular weight excluding hydrogens is 900 g/mol. The van der Waals surface area contributed by atoms with Crippen molar-refractivity contribution in [3.8, 4) is 11.5 Å². The number of hydrogen-bond acceptors (Lipinski definition) is 12. The van der Waals surface area contributed by atoms with E-state index in [0.29, 0.717) is 42.5 Å². The molecular formula is C51H61FN10O6S. The number of nitrogens with one attached hydrogen (secondary N) is 4. The number of piperidine rings is 2. The summed E-state index contributed by atoms with van der Waals surface area (Å²) in [6.07, 6.45) is 11.8. The molecule has 1 saturated carbocycles. The smallest absolute Gasteiger partial charge is 0.296 e. The lowest BCUT2D eigenvalue weighted by Gasteiger charge is -2.56. The topological polar surface area (TPSA) is 195 Å². The van der Waals surface area contributed by atoms with Crippen LogP contribution in [0.3, 0.4) is 0 Å². The molecule has 6 aromatic rings. The van der Waals surface area contributed by atoms with Gasteiger partial charge in [0.25, 0.3) is 21.6 Å². The lowest BCUT2D eigenvalue weighted by atomic mass is 9.59. The monoisotopic (exact) mass is 960 g/mol. The minimum atomic E-state index is -4.81. The van der Waals surface area contributed by atoms with Crippen molar-refractivity contribution >= 4 is 55.1 Å². The van der Waals surface area contributed by atoms with Crippen LogP contribution in [0.4, 0.5) is 21.5 Å². The fourth-order valence-electron chi connectivity index (χ4n) is 11.5. The van der Waals surface area contributed by atoms with Gasteiger partial charge in [-0.15, -0.1) is 0 Å². The van der Waals surface area contributed by atoms with Gasteiger partial charge in [0.2, 0.25) is 0 Å². The molecule has 3 saturated heterocycles. The number of nitro groups is 1. The first-order valence-electron chi connectivity index (χ1n) is 24.3. The van der Waals surface area contributed by atoms with E-state index in [1.807, 2.05) is 6.07 Å². The molecule has 0 radical (unpaired) electrons. The molecule has 18 heteroatoms. The lowest BCUT2D eigenvalue weighted by Crippen LogP contribution is -2.54. The van der Waals surface area contributed by atoms with E-state index >= 15 is 4.39 Å².